The molecule has 6 heteroatoms. The van der Waals surface area contributed by atoms with Crippen LogP contribution in [-0.4, -0.2) is 40.0 Å². The lowest BCUT2D eigenvalue weighted by Gasteiger charge is -2.22. The molecule has 0 fully saturated rings. The number of nitriles is 1. The van der Waals surface area contributed by atoms with Crippen LogP contribution >= 0.6 is 0 Å². The summed E-state index contributed by atoms with van der Waals surface area (Å²) < 4.78 is 5.35. The van der Waals surface area contributed by atoms with Crippen molar-refractivity contribution in [2.75, 3.05) is 13.2 Å². The van der Waals surface area contributed by atoms with Crippen LogP contribution in [0, 0.1) is 11.3 Å². The molecule has 0 aliphatic rings. The van der Waals surface area contributed by atoms with Gasteiger partial charge < -0.3 is 20.3 Å². The monoisotopic (exact) mass is 279 g/mol. The van der Waals surface area contributed by atoms with Crippen LogP contribution in [0.25, 0.3) is 0 Å². The highest BCUT2D eigenvalue weighted by molar-refractivity contribution is 5.39. The van der Waals surface area contributed by atoms with E-state index < -0.39 is 6.10 Å². The third-order valence-corrected chi connectivity index (χ3v) is 2.49. The summed E-state index contributed by atoms with van der Waals surface area (Å²) in [7, 11) is 0. The van der Waals surface area contributed by atoms with Gasteiger partial charge in [-0.25, -0.2) is 4.98 Å². The molecule has 6 nitrogen and oxygen atoms in total. The molecule has 0 saturated carbocycles. The van der Waals surface area contributed by atoms with Gasteiger partial charge in [-0.05, 0) is 32.4 Å². The van der Waals surface area contributed by atoms with E-state index in [-0.39, 0.29) is 30.2 Å². The van der Waals surface area contributed by atoms with Gasteiger partial charge in [-0.1, -0.05) is 0 Å². The van der Waals surface area contributed by atoms with Crippen molar-refractivity contribution in [3.63, 3.8) is 0 Å². The first-order chi connectivity index (χ1) is 9.35. The normalized spacial score (nSPS) is 12.8. The Morgan fingerprint density at radius 3 is 2.75 bits per heavy atom. The van der Waals surface area contributed by atoms with Crippen molar-refractivity contribution < 1.29 is 14.9 Å². The first kappa shape index (κ1) is 16.4. The summed E-state index contributed by atoms with van der Waals surface area (Å²) in [5, 5.41) is 30.9. The topological polar surface area (TPSA) is 98.4 Å². The third-order valence-electron chi connectivity index (χ3n) is 2.49. The summed E-state index contributed by atoms with van der Waals surface area (Å²) in [6, 6.07) is 3.47. The van der Waals surface area contributed by atoms with Gasteiger partial charge in [0.1, 0.15) is 24.3 Å². The predicted octanol–water partition coefficient (Wildman–Crippen LogP) is 0.573. The Morgan fingerprint density at radius 2 is 2.20 bits per heavy atom. The van der Waals surface area contributed by atoms with Crippen LogP contribution in [0.1, 0.15) is 31.9 Å². The summed E-state index contributed by atoms with van der Waals surface area (Å²) in [6.07, 6.45) is 0.746. The molecule has 0 spiro atoms. The van der Waals surface area contributed by atoms with Gasteiger partial charge in [0.2, 0.25) is 5.88 Å². The minimum Gasteiger partial charge on any atom is -0.474 e. The number of aliphatic hydroxyl groups excluding tert-OH is 2. The van der Waals surface area contributed by atoms with Gasteiger partial charge in [-0.2, -0.15) is 5.26 Å². The smallest absolute Gasteiger partial charge is 0.231 e. The highest BCUT2D eigenvalue weighted by Gasteiger charge is 2.14. The standard InChI is InChI=1S/C14H21N3O3/c1-14(2,3)17-7-12(19)9-20-13-11(5-15)4-10(8-18)6-16-13/h4,6,12,17-19H,7-9H2,1-3H3/t12-/m0/s1. The van der Waals surface area contributed by atoms with Crippen LogP contribution in [0.15, 0.2) is 12.3 Å². The predicted molar refractivity (Wildman–Crippen MR) is 74.1 cm³/mol. The Balaban J connectivity index is 2.55. The third kappa shape index (κ3) is 5.53. The molecule has 0 amide bonds. The van der Waals surface area contributed by atoms with Crippen molar-refractivity contribution in [1.29, 1.82) is 5.26 Å². The summed E-state index contributed by atoms with van der Waals surface area (Å²) in [5.41, 5.74) is 0.705. The zero-order valence-corrected chi connectivity index (χ0v) is 12.1. The van der Waals surface area contributed by atoms with Gasteiger partial charge in [-0.3, -0.25) is 0 Å². The van der Waals surface area contributed by atoms with Crippen LogP contribution < -0.4 is 10.1 Å². The number of rotatable bonds is 6. The molecule has 0 unspecified atom stereocenters. The number of nitrogens with zero attached hydrogens (tertiary/aromatic N) is 2. The van der Waals surface area contributed by atoms with Gasteiger partial charge in [-0.15, -0.1) is 0 Å². The van der Waals surface area contributed by atoms with Crippen molar-refractivity contribution in [1.82, 2.24) is 10.3 Å². The SMILES string of the molecule is CC(C)(C)NC[C@H](O)COc1ncc(CO)cc1C#N. The number of pyridine rings is 1. The maximum absolute atomic E-state index is 9.80. The fraction of sp³-hybridized carbons (Fsp3) is 0.571. The lowest BCUT2D eigenvalue weighted by Crippen LogP contribution is -2.42. The van der Waals surface area contributed by atoms with E-state index in [1.54, 1.807) is 0 Å². The van der Waals surface area contributed by atoms with E-state index in [0.29, 0.717) is 12.1 Å². The second-order valence-corrected chi connectivity index (χ2v) is 5.56. The fourth-order valence-corrected chi connectivity index (χ4v) is 1.44. The van der Waals surface area contributed by atoms with E-state index in [9.17, 15) is 5.11 Å². The molecule has 1 aromatic heterocycles. The Morgan fingerprint density at radius 1 is 1.50 bits per heavy atom. The molecule has 0 aromatic carbocycles. The van der Waals surface area contributed by atoms with Crippen molar-refractivity contribution in [2.24, 2.45) is 0 Å². The van der Waals surface area contributed by atoms with Gasteiger partial charge in [0.25, 0.3) is 0 Å². The highest BCUT2D eigenvalue weighted by atomic mass is 16.5. The Bertz CT molecular complexity index is 478. The minimum absolute atomic E-state index is 0.0449. The van der Waals surface area contributed by atoms with Crippen molar-refractivity contribution in [3.8, 4) is 11.9 Å². The minimum atomic E-state index is -0.694. The number of hydrogen-bond acceptors (Lipinski definition) is 6. The zero-order chi connectivity index (χ0) is 15.2. The Labute approximate surface area is 119 Å². The van der Waals surface area contributed by atoms with Gasteiger partial charge in [0.05, 0.1) is 6.61 Å². The van der Waals surface area contributed by atoms with Gasteiger partial charge in [0, 0.05) is 18.3 Å². The van der Waals surface area contributed by atoms with E-state index in [1.807, 2.05) is 26.8 Å². The van der Waals surface area contributed by atoms with Gasteiger partial charge >= 0.3 is 0 Å². The maximum atomic E-state index is 9.80. The molecule has 1 aromatic rings. The molecular formula is C14H21N3O3. The first-order valence-corrected chi connectivity index (χ1v) is 6.41. The average Bonchev–Trinajstić information content (AvgIpc) is 2.41. The molecule has 3 N–H and O–H groups in total. The number of ether oxygens (including phenoxy) is 1. The molecule has 0 aliphatic heterocycles. The number of aliphatic hydroxyl groups is 2. The summed E-state index contributed by atoms with van der Waals surface area (Å²) in [5.74, 6) is 0.166. The number of aromatic nitrogens is 1. The van der Waals surface area contributed by atoms with E-state index in [0.717, 1.165) is 0 Å². The Hall–Kier alpha value is -1.68. The second-order valence-electron chi connectivity index (χ2n) is 5.56. The lowest BCUT2D eigenvalue weighted by atomic mass is 10.1. The number of nitrogens with one attached hydrogen (secondary N) is 1. The van der Waals surface area contributed by atoms with E-state index >= 15 is 0 Å². The summed E-state index contributed by atoms with van der Waals surface area (Å²) >= 11 is 0. The van der Waals surface area contributed by atoms with Crippen molar-refractivity contribution in [3.05, 3.63) is 23.4 Å². The summed E-state index contributed by atoms with van der Waals surface area (Å²) in [4.78, 5) is 3.96. The number of β-amino-alcohol motifs (C(OH)–C–C–N with tert-alkyl or cyclic N) is 1. The zero-order valence-electron chi connectivity index (χ0n) is 12.1. The van der Waals surface area contributed by atoms with Crippen molar-refractivity contribution in [2.45, 2.75) is 39.0 Å². The number of hydrogen-bond donors (Lipinski definition) is 3. The van der Waals surface area contributed by atoms with Crippen LogP contribution in [0.5, 0.6) is 5.88 Å². The molecule has 1 rings (SSSR count). The molecule has 20 heavy (non-hydrogen) atoms. The summed E-state index contributed by atoms with van der Waals surface area (Å²) in [6.45, 7) is 6.26. The molecular weight excluding hydrogens is 258 g/mol. The molecule has 1 atom stereocenters. The molecule has 0 aliphatic carbocycles. The molecule has 0 radical (unpaired) electrons. The van der Waals surface area contributed by atoms with Crippen LogP contribution in [-0.2, 0) is 6.61 Å². The largest absolute Gasteiger partial charge is 0.474 e. The first-order valence-electron chi connectivity index (χ1n) is 6.41. The fourth-order valence-electron chi connectivity index (χ4n) is 1.44. The molecule has 0 saturated heterocycles. The van der Waals surface area contributed by atoms with Crippen LogP contribution in [0.3, 0.4) is 0 Å². The van der Waals surface area contributed by atoms with Gasteiger partial charge in [0.15, 0.2) is 0 Å². The lowest BCUT2D eigenvalue weighted by molar-refractivity contribution is 0.0975. The van der Waals surface area contributed by atoms with E-state index in [2.05, 4.69) is 10.3 Å². The van der Waals surface area contributed by atoms with E-state index in [4.69, 9.17) is 15.1 Å². The molecule has 0 bridgehead atoms. The average molecular weight is 279 g/mol. The Kier molecular flexibility index (Phi) is 5.89. The highest BCUT2D eigenvalue weighted by Crippen LogP contribution is 2.15. The van der Waals surface area contributed by atoms with Crippen LogP contribution in [0.2, 0.25) is 0 Å². The maximum Gasteiger partial charge on any atom is 0.231 e. The second kappa shape index (κ2) is 7.20. The van der Waals surface area contributed by atoms with E-state index in [1.165, 1.54) is 12.3 Å². The molecule has 1 heterocycles. The molecule has 110 valence electrons. The van der Waals surface area contributed by atoms with Crippen LogP contribution in [0.4, 0.5) is 0 Å². The van der Waals surface area contributed by atoms with Crippen molar-refractivity contribution >= 4 is 0 Å². The quantitative estimate of drug-likeness (QED) is 0.704.